The largest absolute Gasteiger partial charge is 0.307 e. The maximum atomic E-state index is 13.4. The minimum atomic E-state index is -0.423. The maximum absolute atomic E-state index is 13.4. The van der Waals surface area contributed by atoms with Crippen LogP contribution >= 0.6 is 11.3 Å². The van der Waals surface area contributed by atoms with E-state index in [1.807, 2.05) is 0 Å². The maximum Gasteiger partial charge on any atom is 0.277 e. The third kappa shape index (κ3) is 1.94. The molecule has 1 heterocycles. The Morgan fingerprint density at radius 2 is 2.19 bits per heavy atom. The van der Waals surface area contributed by atoms with Crippen LogP contribution < -0.4 is 4.90 Å². The van der Waals surface area contributed by atoms with E-state index < -0.39 is 5.82 Å². The van der Waals surface area contributed by atoms with Gasteiger partial charge in [-0.1, -0.05) is 12.1 Å². The lowest BCUT2D eigenvalue weighted by molar-refractivity contribution is 0.0988. The van der Waals surface area contributed by atoms with E-state index >= 15 is 0 Å². The highest BCUT2D eigenvalue weighted by Gasteiger charge is 2.17. The molecule has 0 radical (unpaired) electrons. The molecule has 16 heavy (non-hydrogen) atoms. The van der Waals surface area contributed by atoms with Crippen molar-refractivity contribution in [2.75, 3.05) is 11.9 Å². The van der Waals surface area contributed by atoms with Crippen molar-refractivity contribution in [1.82, 2.24) is 4.98 Å². The predicted octanol–water partition coefficient (Wildman–Crippen LogP) is 2.56. The zero-order valence-corrected chi connectivity index (χ0v) is 9.37. The molecule has 0 bridgehead atoms. The van der Waals surface area contributed by atoms with Gasteiger partial charge in [0.1, 0.15) is 11.5 Å². The molecule has 0 atom stereocenters. The van der Waals surface area contributed by atoms with E-state index in [4.69, 9.17) is 0 Å². The topological polar surface area (TPSA) is 33.2 Å². The highest BCUT2D eigenvalue weighted by Crippen LogP contribution is 2.19. The standard InChI is InChI=1S/C11H9FN2OS/c1-14(10-5-3-2-4-8(10)12)11(15)9-6-16-7-13-9/h2-7H,1H3. The molecule has 0 aliphatic heterocycles. The van der Waals surface area contributed by atoms with Crippen LogP contribution in [0.2, 0.25) is 0 Å². The van der Waals surface area contributed by atoms with Crippen LogP contribution in [0.1, 0.15) is 10.5 Å². The molecule has 1 aromatic heterocycles. The van der Waals surface area contributed by atoms with Crippen molar-refractivity contribution in [3.05, 3.63) is 46.7 Å². The summed E-state index contributed by atoms with van der Waals surface area (Å²) < 4.78 is 13.4. The van der Waals surface area contributed by atoms with Crippen LogP contribution in [0.4, 0.5) is 10.1 Å². The van der Waals surface area contributed by atoms with Crippen molar-refractivity contribution in [2.45, 2.75) is 0 Å². The van der Waals surface area contributed by atoms with E-state index in [2.05, 4.69) is 4.98 Å². The van der Waals surface area contributed by atoms with Crippen molar-refractivity contribution in [1.29, 1.82) is 0 Å². The second kappa shape index (κ2) is 4.40. The molecular weight excluding hydrogens is 227 g/mol. The van der Waals surface area contributed by atoms with Crippen LogP contribution in [0, 0.1) is 5.82 Å². The van der Waals surface area contributed by atoms with E-state index in [1.54, 1.807) is 29.1 Å². The summed E-state index contributed by atoms with van der Waals surface area (Å²) in [6.45, 7) is 0. The van der Waals surface area contributed by atoms with Crippen LogP contribution in [0.3, 0.4) is 0 Å². The summed E-state index contributed by atoms with van der Waals surface area (Å²) in [7, 11) is 1.53. The SMILES string of the molecule is CN(C(=O)c1cscn1)c1ccccc1F. The van der Waals surface area contributed by atoms with Gasteiger partial charge in [0, 0.05) is 12.4 Å². The third-order valence-corrected chi connectivity index (χ3v) is 2.76. The number of para-hydroxylation sites is 1. The molecule has 0 aliphatic rings. The van der Waals surface area contributed by atoms with Gasteiger partial charge in [0.15, 0.2) is 0 Å². The van der Waals surface area contributed by atoms with Crippen molar-refractivity contribution in [2.24, 2.45) is 0 Å². The van der Waals surface area contributed by atoms with Gasteiger partial charge < -0.3 is 4.90 Å². The quantitative estimate of drug-likeness (QED) is 0.802. The average molecular weight is 236 g/mol. The summed E-state index contributed by atoms with van der Waals surface area (Å²) in [6, 6.07) is 6.14. The van der Waals surface area contributed by atoms with Gasteiger partial charge in [0.05, 0.1) is 11.2 Å². The van der Waals surface area contributed by atoms with Crippen molar-refractivity contribution in [3.8, 4) is 0 Å². The fourth-order valence-electron chi connectivity index (χ4n) is 1.32. The first-order valence-corrected chi connectivity index (χ1v) is 5.55. The Morgan fingerprint density at radius 1 is 1.44 bits per heavy atom. The van der Waals surface area contributed by atoms with E-state index in [1.165, 1.54) is 29.4 Å². The number of amides is 1. The van der Waals surface area contributed by atoms with Crippen LogP contribution in [0.5, 0.6) is 0 Å². The molecule has 0 saturated heterocycles. The minimum absolute atomic E-state index is 0.250. The fraction of sp³-hybridized carbons (Fsp3) is 0.0909. The summed E-state index contributed by atoms with van der Waals surface area (Å²) in [5.41, 5.74) is 2.15. The number of thiazole rings is 1. The fourth-order valence-corrected chi connectivity index (χ4v) is 1.85. The summed E-state index contributed by atoms with van der Waals surface area (Å²) in [5, 5.41) is 1.64. The highest BCUT2D eigenvalue weighted by atomic mass is 32.1. The molecule has 3 nitrogen and oxygen atoms in total. The van der Waals surface area contributed by atoms with Gasteiger partial charge in [0.2, 0.25) is 0 Å². The van der Waals surface area contributed by atoms with Gasteiger partial charge >= 0.3 is 0 Å². The summed E-state index contributed by atoms with van der Waals surface area (Å²) in [6.07, 6.45) is 0. The first-order valence-electron chi connectivity index (χ1n) is 4.61. The summed E-state index contributed by atoms with van der Waals surface area (Å²) in [4.78, 5) is 17.0. The number of rotatable bonds is 2. The average Bonchev–Trinajstić information content (AvgIpc) is 2.81. The van der Waals surface area contributed by atoms with Crippen LogP contribution in [0.15, 0.2) is 35.2 Å². The Balaban J connectivity index is 2.30. The summed E-state index contributed by atoms with van der Waals surface area (Å²) in [5.74, 6) is -0.736. The normalized spacial score (nSPS) is 10.1. The Hall–Kier alpha value is -1.75. The zero-order chi connectivity index (χ0) is 11.5. The molecule has 2 aromatic rings. The van der Waals surface area contributed by atoms with Crippen LogP contribution in [0.25, 0.3) is 0 Å². The molecule has 1 aromatic carbocycles. The number of carbonyl (C=O) groups is 1. The van der Waals surface area contributed by atoms with Gasteiger partial charge in [-0.15, -0.1) is 11.3 Å². The molecule has 1 amide bonds. The number of nitrogens with zero attached hydrogens (tertiary/aromatic N) is 2. The first-order chi connectivity index (χ1) is 7.70. The molecule has 0 spiro atoms. The number of aromatic nitrogens is 1. The third-order valence-electron chi connectivity index (χ3n) is 2.17. The number of halogens is 1. The van der Waals surface area contributed by atoms with E-state index in [-0.39, 0.29) is 11.6 Å². The van der Waals surface area contributed by atoms with Crippen molar-refractivity contribution >= 4 is 22.9 Å². The van der Waals surface area contributed by atoms with Crippen molar-refractivity contribution in [3.63, 3.8) is 0 Å². The molecule has 0 unspecified atom stereocenters. The van der Waals surface area contributed by atoms with Gasteiger partial charge in [-0.05, 0) is 12.1 Å². The molecule has 82 valence electrons. The molecular formula is C11H9FN2OS. The number of hydrogen-bond donors (Lipinski definition) is 0. The number of carbonyl (C=O) groups excluding carboxylic acids is 1. The first kappa shape index (κ1) is 10.8. The Labute approximate surface area is 96.2 Å². The van der Waals surface area contributed by atoms with E-state index in [9.17, 15) is 9.18 Å². The van der Waals surface area contributed by atoms with Gasteiger partial charge in [0.25, 0.3) is 5.91 Å². The molecule has 2 rings (SSSR count). The Kier molecular flexibility index (Phi) is 2.96. The molecule has 0 N–H and O–H groups in total. The van der Waals surface area contributed by atoms with Crippen LogP contribution in [-0.2, 0) is 0 Å². The predicted molar refractivity (Wildman–Crippen MR) is 61.2 cm³/mol. The lowest BCUT2D eigenvalue weighted by atomic mass is 10.2. The van der Waals surface area contributed by atoms with Gasteiger partial charge in [-0.25, -0.2) is 9.37 Å². The van der Waals surface area contributed by atoms with Gasteiger partial charge in [-0.2, -0.15) is 0 Å². The van der Waals surface area contributed by atoms with Crippen molar-refractivity contribution < 1.29 is 9.18 Å². The van der Waals surface area contributed by atoms with E-state index in [0.717, 1.165) is 0 Å². The number of hydrogen-bond acceptors (Lipinski definition) is 3. The minimum Gasteiger partial charge on any atom is -0.307 e. The van der Waals surface area contributed by atoms with Gasteiger partial charge in [-0.3, -0.25) is 4.79 Å². The number of anilines is 1. The second-order valence-electron chi connectivity index (χ2n) is 3.19. The zero-order valence-electron chi connectivity index (χ0n) is 8.55. The Bertz CT molecular complexity index is 498. The lowest BCUT2D eigenvalue weighted by Crippen LogP contribution is -2.27. The van der Waals surface area contributed by atoms with E-state index in [0.29, 0.717) is 5.69 Å². The molecule has 5 heteroatoms. The van der Waals surface area contributed by atoms with Crippen LogP contribution in [-0.4, -0.2) is 17.9 Å². The number of benzene rings is 1. The second-order valence-corrected chi connectivity index (χ2v) is 3.91. The lowest BCUT2D eigenvalue weighted by Gasteiger charge is -2.16. The Morgan fingerprint density at radius 3 is 2.81 bits per heavy atom. The molecule has 0 saturated carbocycles. The summed E-state index contributed by atoms with van der Waals surface area (Å²) >= 11 is 1.33. The highest BCUT2D eigenvalue weighted by molar-refractivity contribution is 7.07. The monoisotopic (exact) mass is 236 g/mol. The smallest absolute Gasteiger partial charge is 0.277 e. The molecule has 0 aliphatic carbocycles. The molecule has 0 fully saturated rings.